The number of carbonyl (C=O) groups is 2. The fourth-order valence-electron chi connectivity index (χ4n) is 3.18. The first-order valence-corrected chi connectivity index (χ1v) is 8.52. The zero-order valence-corrected chi connectivity index (χ0v) is 14.6. The molecule has 4 N–H and O–H groups in total. The summed E-state index contributed by atoms with van der Waals surface area (Å²) in [5, 5.41) is 0. The van der Waals surface area contributed by atoms with Crippen LogP contribution in [0.4, 0.5) is 4.39 Å². The number of hydrogen-bond donors (Lipinski definition) is 2. The standard InChI is InChI=1S/C22H19FN2O2/c23-16-12-11-15(10-9-14-5-2-1-3-6-14)19(13-16)20-17(21(24)26)7-4-8-18(20)22(25)27/h1-8,11-13H,9-10H2,(H2,24,26)(H2,25,27). The number of aryl methyl sites for hydroxylation is 2. The number of carbonyl (C=O) groups excluding carboxylic acids is 2. The van der Waals surface area contributed by atoms with Crippen LogP contribution in [0.25, 0.3) is 11.1 Å². The number of halogens is 1. The molecule has 0 bridgehead atoms. The summed E-state index contributed by atoms with van der Waals surface area (Å²) in [6.07, 6.45) is 1.33. The van der Waals surface area contributed by atoms with Crippen LogP contribution in [0.3, 0.4) is 0 Å². The first-order chi connectivity index (χ1) is 13.0. The zero-order chi connectivity index (χ0) is 19.4. The van der Waals surface area contributed by atoms with Gasteiger partial charge in [0.1, 0.15) is 5.82 Å². The van der Waals surface area contributed by atoms with Crippen LogP contribution in [0.15, 0.2) is 66.7 Å². The van der Waals surface area contributed by atoms with Crippen LogP contribution in [0.2, 0.25) is 0 Å². The van der Waals surface area contributed by atoms with Crippen molar-refractivity contribution >= 4 is 11.8 Å². The molecule has 3 aromatic carbocycles. The Morgan fingerprint density at radius 3 is 2.00 bits per heavy atom. The third-order valence-electron chi connectivity index (χ3n) is 4.46. The lowest BCUT2D eigenvalue weighted by atomic mass is 9.88. The molecule has 136 valence electrons. The Bertz CT molecular complexity index is 968. The maximum absolute atomic E-state index is 14.0. The summed E-state index contributed by atoms with van der Waals surface area (Å²) in [5.41, 5.74) is 13.9. The molecule has 0 aliphatic rings. The predicted molar refractivity (Wildman–Crippen MR) is 103 cm³/mol. The van der Waals surface area contributed by atoms with Crippen LogP contribution in [0.1, 0.15) is 31.8 Å². The summed E-state index contributed by atoms with van der Waals surface area (Å²) in [7, 11) is 0. The van der Waals surface area contributed by atoms with E-state index < -0.39 is 17.6 Å². The van der Waals surface area contributed by atoms with Crippen molar-refractivity contribution in [2.75, 3.05) is 0 Å². The van der Waals surface area contributed by atoms with E-state index in [4.69, 9.17) is 11.5 Å². The Kier molecular flexibility index (Phi) is 5.31. The van der Waals surface area contributed by atoms with Crippen LogP contribution in [0.5, 0.6) is 0 Å². The van der Waals surface area contributed by atoms with Gasteiger partial charge in [-0.3, -0.25) is 9.59 Å². The third kappa shape index (κ3) is 4.03. The van der Waals surface area contributed by atoms with Crippen LogP contribution in [-0.4, -0.2) is 11.8 Å². The molecule has 0 atom stereocenters. The minimum Gasteiger partial charge on any atom is -0.366 e. The molecule has 3 aromatic rings. The van der Waals surface area contributed by atoms with Crippen LogP contribution in [-0.2, 0) is 12.8 Å². The van der Waals surface area contributed by atoms with E-state index in [2.05, 4.69) is 0 Å². The predicted octanol–water partition coefficient (Wildman–Crippen LogP) is 3.48. The Hall–Kier alpha value is -3.47. The first-order valence-electron chi connectivity index (χ1n) is 8.52. The highest BCUT2D eigenvalue weighted by Crippen LogP contribution is 2.32. The molecule has 0 aliphatic carbocycles. The van der Waals surface area contributed by atoms with Crippen LogP contribution < -0.4 is 11.5 Å². The van der Waals surface area contributed by atoms with E-state index in [1.165, 1.54) is 30.3 Å². The summed E-state index contributed by atoms with van der Waals surface area (Å²) in [5.74, 6) is -1.87. The van der Waals surface area contributed by atoms with Crippen molar-refractivity contribution in [3.05, 3.63) is 94.8 Å². The molecule has 27 heavy (non-hydrogen) atoms. The molecule has 0 saturated heterocycles. The molecule has 2 amide bonds. The Balaban J connectivity index is 2.13. The minimum absolute atomic E-state index is 0.137. The monoisotopic (exact) mass is 362 g/mol. The van der Waals surface area contributed by atoms with Crippen molar-refractivity contribution in [1.29, 1.82) is 0 Å². The number of rotatable bonds is 6. The van der Waals surface area contributed by atoms with Gasteiger partial charge in [0.05, 0.1) is 0 Å². The number of hydrogen-bond acceptors (Lipinski definition) is 2. The van der Waals surface area contributed by atoms with E-state index in [0.29, 0.717) is 12.0 Å². The highest BCUT2D eigenvalue weighted by molar-refractivity contribution is 6.08. The van der Waals surface area contributed by atoms with Gasteiger partial charge in [-0.1, -0.05) is 42.5 Å². The quantitative estimate of drug-likeness (QED) is 0.703. The van der Waals surface area contributed by atoms with Crippen molar-refractivity contribution in [1.82, 2.24) is 0 Å². The molecule has 0 fully saturated rings. The van der Waals surface area contributed by atoms with E-state index >= 15 is 0 Å². The first kappa shape index (κ1) is 18.3. The van der Waals surface area contributed by atoms with E-state index in [1.54, 1.807) is 6.07 Å². The Morgan fingerprint density at radius 1 is 0.778 bits per heavy atom. The molecule has 0 heterocycles. The van der Waals surface area contributed by atoms with Crippen molar-refractivity contribution in [3.8, 4) is 11.1 Å². The second-order valence-electron chi connectivity index (χ2n) is 6.24. The minimum atomic E-state index is -0.702. The summed E-state index contributed by atoms with van der Waals surface area (Å²) in [6, 6.07) is 18.8. The number of primary amides is 2. The molecule has 0 unspecified atom stereocenters. The molecule has 4 nitrogen and oxygen atoms in total. The molecule has 5 heteroatoms. The molecule has 0 spiro atoms. The molecule has 0 radical (unpaired) electrons. The summed E-state index contributed by atoms with van der Waals surface area (Å²) < 4.78 is 14.0. The van der Waals surface area contributed by atoms with E-state index in [1.807, 2.05) is 30.3 Å². The Labute approximate surface area is 156 Å². The van der Waals surface area contributed by atoms with Crippen molar-refractivity contribution in [2.45, 2.75) is 12.8 Å². The summed E-state index contributed by atoms with van der Waals surface area (Å²) in [6.45, 7) is 0. The van der Waals surface area contributed by atoms with Crippen molar-refractivity contribution in [2.24, 2.45) is 11.5 Å². The lowest BCUT2D eigenvalue weighted by Crippen LogP contribution is -2.18. The van der Waals surface area contributed by atoms with Gasteiger partial charge in [-0.2, -0.15) is 0 Å². The molecular formula is C22H19FN2O2. The normalized spacial score (nSPS) is 10.6. The second-order valence-corrected chi connectivity index (χ2v) is 6.24. The maximum Gasteiger partial charge on any atom is 0.249 e. The van der Waals surface area contributed by atoms with E-state index in [-0.39, 0.29) is 16.7 Å². The lowest BCUT2D eigenvalue weighted by molar-refractivity contribution is 0.0999. The number of nitrogens with two attached hydrogens (primary N) is 2. The van der Waals surface area contributed by atoms with Gasteiger partial charge in [-0.25, -0.2) is 4.39 Å². The number of amides is 2. The van der Waals surface area contributed by atoms with Gasteiger partial charge in [0.2, 0.25) is 11.8 Å². The lowest BCUT2D eigenvalue weighted by Gasteiger charge is -2.16. The Morgan fingerprint density at radius 2 is 1.41 bits per heavy atom. The highest BCUT2D eigenvalue weighted by atomic mass is 19.1. The zero-order valence-electron chi connectivity index (χ0n) is 14.6. The van der Waals surface area contributed by atoms with Gasteiger partial charge in [-0.15, -0.1) is 0 Å². The average molecular weight is 362 g/mol. The topological polar surface area (TPSA) is 86.2 Å². The average Bonchev–Trinajstić information content (AvgIpc) is 2.67. The highest BCUT2D eigenvalue weighted by Gasteiger charge is 2.20. The van der Waals surface area contributed by atoms with Gasteiger partial charge >= 0.3 is 0 Å². The summed E-state index contributed by atoms with van der Waals surface area (Å²) >= 11 is 0. The second kappa shape index (κ2) is 7.83. The van der Waals surface area contributed by atoms with E-state index in [9.17, 15) is 14.0 Å². The van der Waals surface area contributed by atoms with E-state index in [0.717, 1.165) is 17.5 Å². The van der Waals surface area contributed by atoms with Crippen molar-refractivity contribution < 1.29 is 14.0 Å². The largest absolute Gasteiger partial charge is 0.366 e. The summed E-state index contributed by atoms with van der Waals surface area (Å²) in [4.78, 5) is 23.8. The third-order valence-corrected chi connectivity index (χ3v) is 4.46. The molecule has 3 rings (SSSR count). The SMILES string of the molecule is NC(=O)c1cccc(C(N)=O)c1-c1cc(F)ccc1CCc1ccccc1. The molecule has 0 saturated carbocycles. The fraction of sp³-hybridized carbons (Fsp3) is 0.0909. The van der Waals surface area contributed by atoms with Gasteiger partial charge < -0.3 is 11.5 Å². The fourth-order valence-corrected chi connectivity index (χ4v) is 3.18. The maximum atomic E-state index is 14.0. The molecular weight excluding hydrogens is 343 g/mol. The number of benzene rings is 3. The van der Waals surface area contributed by atoms with Gasteiger partial charge in [0.15, 0.2) is 0 Å². The van der Waals surface area contributed by atoms with Gasteiger partial charge in [0.25, 0.3) is 0 Å². The van der Waals surface area contributed by atoms with Crippen molar-refractivity contribution in [3.63, 3.8) is 0 Å². The molecule has 0 aromatic heterocycles. The van der Waals surface area contributed by atoms with Crippen LogP contribution >= 0.6 is 0 Å². The smallest absolute Gasteiger partial charge is 0.249 e. The van der Waals surface area contributed by atoms with Gasteiger partial charge in [0, 0.05) is 16.7 Å². The van der Waals surface area contributed by atoms with Gasteiger partial charge in [-0.05, 0) is 53.8 Å². The van der Waals surface area contributed by atoms with Crippen LogP contribution in [0, 0.1) is 5.82 Å². The molecule has 0 aliphatic heterocycles.